The van der Waals surface area contributed by atoms with Crippen molar-refractivity contribution in [2.24, 2.45) is 0 Å². The fourth-order valence-electron chi connectivity index (χ4n) is 2.47. The number of nitrogens with one attached hydrogen (secondary N) is 1. The van der Waals surface area contributed by atoms with Crippen molar-refractivity contribution in [1.29, 1.82) is 0 Å². The molecule has 2 N–H and O–H groups in total. The van der Waals surface area contributed by atoms with Gasteiger partial charge < -0.3 is 19.9 Å². The lowest BCUT2D eigenvalue weighted by Gasteiger charge is -2.23. The first kappa shape index (κ1) is 23.2. The van der Waals surface area contributed by atoms with Gasteiger partial charge in [0.1, 0.15) is 11.4 Å². The Morgan fingerprint density at radius 1 is 1.14 bits per heavy atom. The van der Waals surface area contributed by atoms with Gasteiger partial charge in [-0.25, -0.2) is 4.79 Å². The molecule has 0 saturated heterocycles. The van der Waals surface area contributed by atoms with Gasteiger partial charge in [0.25, 0.3) is 0 Å². The molecule has 28 heavy (non-hydrogen) atoms. The van der Waals surface area contributed by atoms with Crippen LogP contribution in [0.3, 0.4) is 0 Å². The first-order chi connectivity index (χ1) is 13.1. The minimum atomic E-state index is -0.580. The lowest BCUT2D eigenvalue weighted by atomic mass is 10.1. The molecule has 0 fully saturated rings. The number of rotatable bonds is 6. The maximum atomic E-state index is 12.0. The topological polar surface area (TPSA) is 67.8 Å². The van der Waals surface area contributed by atoms with Crippen molar-refractivity contribution in [3.8, 4) is 11.5 Å². The van der Waals surface area contributed by atoms with Crippen molar-refractivity contribution < 1.29 is 19.4 Å². The quantitative estimate of drug-likeness (QED) is 0.430. The van der Waals surface area contributed by atoms with E-state index < -0.39 is 17.7 Å². The molecule has 152 valence electrons. The Hall–Kier alpha value is -1.07. The highest BCUT2D eigenvalue weighted by Crippen LogP contribution is 2.33. The molecule has 2 rings (SSSR count). The highest BCUT2D eigenvalue weighted by molar-refractivity contribution is 14.1. The first-order valence-corrected chi connectivity index (χ1v) is 11.1. The molecule has 5 nitrogen and oxygen atoms in total. The number of amides is 1. The van der Waals surface area contributed by atoms with Crippen LogP contribution in [0.4, 0.5) is 4.79 Å². The predicted molar refractivity (Wildman–Crippen MR) is 127 cm³/mol. The smallest absolute Gasteiger partial charge is 0.407 e. The minimum Gasteiger partial charge on any atom is -0.455 e. The van der Waals surface area contributed by atoms with Gasteiger partial charge >= 0.3 is 6.09 Å². The maximum Gasteiger partial charge on any atom is 0.407 e. The summed E-state index contributed by atoms with van der Waals surface area (Å²) in [4.78, 5) is 12.0. The van der Waals surface area contributed by atoms with Gasteiger partial charge in [-0.2, -0.15) is 0 Å². The number of aliphatic hydroxyl groups excluding tert-OH is 1. The summed E-state index contributed by atoms with van der Waals surface area (Å²) in [6.45, 7) is 7.27. The Kier molecular flexibility index (Phi) is 8.38. The van der Waals surface area contributed by atoms with Crippen LogP contribution in [0, 0.1) is 14.1 Å². The molecule has 0 bridgehead atoms. The molecule has 2 aromatic rings. The molecule has 1 atom stereocenters. The number of aryl methyl sites for hydroxylation is 1. The average Bonchev–Trinajstić information content (AvgIpc) is 2.57. The van der Waals surface area contributed by atoms with E-state index in [4.69, 9.17) is 9.47 Å². The van der Waals surface area contributed by atoms with Gasteiger partial charge in [0, 0.05) is 0 Å². The summed E-state index contributed by atoms with van der Waals surface area (Å²) in [5.41, 5.74) is 1.60. The maximum absolute atomic E-state index is 12.0. The van der Waals surface area contributed by atoms with E-state index in [1.54, 1.807) is 20.8 Å². The van der Waals surface area contributed by atoms with Gasteiger partial charge in [-0.3, -0.25) is 0 Å². The zero-order chi connectivity index (χ0) is 20.9. The van der Waals surface area contributed by atoms with E-state index in [2.05, 4.69) is 50.5 Å². The Balaban J connectivity index is 2.09. The predicted octanol–water partition coefficient (Wildman–Crippen LogP) is 5.42. The normalized spacial score (nSPS) is 12.4. The molecular weight excluding hydrogens is 584 g/mol. The second-order valence-electron chi connectivity index (χ2n) is 7.53. The Morgan fingerprint density at radius 3 is 2.21 bits per heavy atom. The summed E-state index contributed by atoms with van der Waals surface area (Å²) in [5.74, 6) is 1.59. The van der Waals surface area contributed by atoms with E-state index >= 15 is 0 Å². The van der Waals surface area contributed by atoms with Crippen LogP contribution in [0.5, 0.6) is 11.5 Å². The summed E-state index contributed by atoms with van der Waals surface area (Å²) in [6, 6.07) is 11.5. The van der Waals surface area contributed by atoms with Crippen molar-refractivity contribution >= 4 is 51.3 Å². The SMILES string of the molecule is Cc1ccc(Oc2c(I)cc(C[C@H](CO)NC(=O)OC(C)(C)C)cc2I)cc1. The van der Waals surface area contributed by atoms with Crippen LogP contribution in [0.15, 0.2) is 36.4 Å². The second-order valence-corrected chi connectivity index (χ2v) is 9.86. The molecule has 7 heteroatoms. The molecule has 0 aliphatic heterocycles. The van der Waals surface area contributed by atoms with Crippen molar-refractivity contribution in [2.45, 2.75) is 45.8 Å². The molecule has 0 aromatic heterocycles. The zero-order valence-electron chi connectivity index (χ0n) is 16.4. The minimum absolute atomic E-state index is 0.173. The van der Waals surface area contributed by atoms with Crippen LogP contribution in [0.2, 0.25) is 0 Å². The molecule has 0 aliphatic carbocycles. The number of halogens is 2. The number of carbonyl (C=O) groups excluding carboxylic acids is 1. The number of benzene rings is 2. The standard InChI is InChI=1S/C21H25I2NO4/c1-13-5-7-16(8-6-13)27-19-17(22)10-14(11-18(19)23)9-15(12-25)24-20(26)28-21(2,3)4/h5-8,10-11,15,25H,9,12H2,1-4H3,(H,24,26)/t15-/m1/s1. The lowest BCUT2D eigenvalue weighted by molar-refractivity contribution is 0.0483. The van der Waals surface area contributed by atoms with E-state index in [1.165, 1.54) is 5.56 Å². The molecule has 0 radical (unpaired) electrons. The molecule has 2 aromatic carbocycles. The molecule has 0 saturated carbocycles. The van der Waals surface area contributed by atoms with E-state index in [0.717, 1.165) is 24.2 Å². The summed E-state index contributed by atoms with van der Waals surface area (Å²) in [7, 11) is 0. The summed E-state index contributed by atoms with van der Waals surface area (Å²) in [6.07, 6.45) is -0.0395. The second kappa shape index (κ2) is 10.1. The van der Waals surface area contributed by atoms with E-state index in [9.17, 15) is 9.90 Å². The van der Waals surface area contributed by atoms with E-state index in [1.807, 2.05) is 43.3 Å². The fraction of sp³-hybridized carbons (Fsp3) is 0.381. The Bertz CT molecular complexity index is 793. The van der Waals surface area contributed by atoms with Crippen LogP contribution in [-0.2, 0) is 11.2 Å². The monoisotopic (exact) mass is 609 g/mol. The van der Waals surface area contributed by atoms with Gasteiger partial charge in [-0.1, -0.05) is 17.7 Å². The number of hydrogen-bond donors (Lipinski definition) is 2. The molecule has 0 heterocycles. The van der Waals surface area contributed by atoms with Gasteiger partial charge in [-0.05, 0) is 109 Å². The van der Waals surface area contributed by atoms with Crippen molar-refractivity contribution in [2.75, 3.05) is 6.61 Å². The van der Waals surface area contributed by atoms with Crippen LogP contribution in [-0.4, -0.2) is 29.4 Å². The van der Waals surface area contributed by atoms with Crippen molar-refractivity contribution in [1.82, 2.24) is 5.32 Å². The first-order valence-electron chi connectivity index (χ1n) is 8.90. The molecule has 0 aliphatic rings. The third-order valence-electron chi connectivity index (χ3n) is 3.72. The number of alkyl carbamates (subject to hydrolysis) is 1. The molecule has 1 amide bonds. The van der Waals surface area contributed by atoms with Crippen molar-refractivity contribution in [3.63, 3.8) is 0 Å². The lowest BCUT2D eigenvalue weighted by Crippen LogP contribution is -2.42. The van der Waals surface area contributed by atoms with Crippen LogP contribution in [0.25, 0.3) is 0 Å². The summed E-state index contributed by atoms with van der Waals surface area (Å²) < 4.78 is 13.2. The highest BCUT2D eigenvalue weighted by Gasteiger charge is 2.20. The van der Waals surface area contributed by atoms with Crippen LogP contribution in [0.1, 0.15) is 31.9 Å². The van der Waals surface area contributed by atoms with Crippen molar-refractivity contribution in [3.05, 3.63) is 54.7 Å². The highest BCUT2D eigenvalue weighted by atomic mass is 127. The molecule has 0 unspecified atom stereocenters. The number of carbonyl (C=O) groups is 1. The summed E-state index contributed by atoms with van der Waals surface area (Å²) in [5, 5.41) is 12.4. The van der Waals surface area contributed by atoms with E-state index in [0.29, 0.717) is 6.42 Å². The third-order valence-corrected chi connectivity index (χ3v) is 5.32. The fourth-order valence-corrected chi connectivity index (χ4v) is 4.59. The summed E-state index contributed by atoms with van der Waals surface area (Å²) >= 11 is 4.49. The van der Waals surface area contributed by atoms with Gasteiger partial charge in [0.05, 0.1) is 19.8 Å². The Morgan fingerprint density at radius 2 is 1.71 bits per heavy atom. The van der Waals surface area contributed by atoms with Gasteiger partial charge in [0.2, 0.25) is 0 Å². The zero-order valence-corrected chi connectivity index (χ0v) is 20.7. The van der Waals surface area contributed by atoms with Crippen LogP contribution < -0.4 is 10.1 Å². The van der Waals surface area contributed by atoms with E-state index in [-0.39, 0.29) is 6.61 Å². The van der Waals surface area contributed by atoms with Gasteiger partial charge in [-0.15, -0.1) is 0 Å². The third kappa shape index (κ3) is 7.40. The Labute approximate surface area is 193 Å². The van der Waals surface area contributed by atoms with Crippen LogP contribution >= 0.6 is 45.2 Å². The number of ether oxygens (including phenoxy) is 2. The largest absolute Gasteiger partial charge is 0.455 e. The molecular formula is C21H25I2NO4. The van der Waals surface area contributed by atoms with Gasteiger partial charge in [0.15, 0.2) is 5.75 Å². The number of hydrogen-bond acceptors (Lipinski definition) is 4. The molecule has 0 spiro atoms. The average molecular weight is 609 g/mol. The number of aliphatic hydroxyl groups is 1.